The number of carbonyl (C=O) groups is 1. The van der Waals surface area contributed by atoms with Gasteiger partial charge < -0.3 is 9.47 Å². The quantitative estimate of drug-likeness (QED) is 0.614. The molecule has 3 nitrogen and oxygen atoms in total. The van der Waals surface area contributed by atoms with Gasteiger partial charge in [0.2, 0.25) is 0 Å². The second-order valence-electron chi connectivity index (χ2n) is 5.28. The lowest BCUT2D eigenvalue weighted by molar-refractivity contribution is 0.0618. The molecular formula is C16H18O3. The molecule has 1 heterocycles. The predicted molar refractivity (Wildman–Crippen MR) is 73.7 cm³/mol. The molecule has 0 saturated heterocycles. The topological polar surface area (TPSA) is 35.5 Å². The molecule has 3 heteroatoms. The molecule has 1 aliphatic rings. The number of carbonyl (C=O) groups excluding carboxylic acids is 1. The van der Waals surface area contributed by atoms with E-state index < -0.39 is 5.60 Å². The first-order chi connectivity index (χ1) is 9.02. The lowest BCUT2D eigenvalue weighted by Crippen LogP contribution is -2.35. The van der Waals surface area contributed by atoms with Crippen LogP contribution in [0.15, 0.2) is 18.2 Å². The standard InChI is InChI=1S/C16H18O3/c1-4-5-6-9-18-12-7-8-13-14(17)11-16(2,3)19-15(13)10-12/h1,7-8,10H,5-6,9,11H2,2-3H3. The van der Waals surface area contributed by atoms with Crippen LogP contribution in [0.5, 0.6) is 11.5 Å². The molecule has 0 atom stereocenters. The Bertz CT molecular complexity index is 523. The Morgan fingerprint density at radius 2 is 2.26 bits per heavy atom. The van der Waals surface area contributed by atoms with Crippen molar-refractivity contribution in [1.29, 1.82) is 0 Å². The molecule has 19 heavy (non-hydrogen) atoms. The molecule has 0 saturated carbocycles. The highest BCUT2D eigenvalue weighted by Crippen LogP contribution is 2.35. The zero-order valence-electron chi connectivity index (χ0n) is 11.4. The fourth-order valence-corrected chi connectivity index (χ4v) is 2.09. The number of unbranched alkanes of at least 4 members (excludes halogenated alkanes) is 1. The Morgan fingerprint density at radius 3 is 3.00 bits per heavy atom. The molecule has 0 radical (unpaired) electrons. The summed E-state index contributed by atoms with van der Waals surface area (Å²) in [5.74, 6) is 4.00. The molecule has 0 aromatic heterocycles. The molecule has 1 aromatic carbocycles. The van der Waals surface area contributed by atoms with Crippen molar-refractivity contribution in [3.8, 4) is 23.8 Å². The van der Waals surface area contributed by atoms with Crippen molar-refractivity contribution in [2.24, 2.45) is 0 Å². The number of rotatable bonds is 4. The van der Waals surface area contributed by atoms with Crippen LogP contribution in [0, 0.1) is 12.3 Å². The Morgan fingerprint density at radius 1 is 1.47 bits per heavy atom. The summed E-state index contributed by atoms with van der Waals surface area (Å²) >= 11 is 0. The number of benzene rings is 1. The summed E-state index contributed by atoms with van der Waals surface area (Å²) in [6.07, 6.45) is 7.11. The molecule has 0 unspecified atom stereocenters. The fourth-order valence-electron chi connectivity index (χ4n) is 2.09. The van der Waals surface area contributed by atoms with E-state index in [0.717, 1.165) is 6.42 Å². The van der Waals surface area contributed by atoms with Crippen LogP contribution in [0.25, 0.3) is 0 Å². The minimum absolute atomic E-state index is 0.116. The van der Waals surface area contributed by atoms with Crippen molar-refractivity contribution in [2.45, 2.75) is 38.7 Å². The van der Waals surface area contributed by atoms with Crippen LogP contribution < -0.4 is 9.47 Å². The van der Waals surface area contributed by atoms with Crippen molar-refractivity contribution in [3.05, 3.63) is 23.8 Å². The Hall–Kier alpha value is -1.95. The van der Waals surface area contributed by atoms with Gasteiger partial charge >= 0.3 is 0 Å². The minimum atomic E-state index is -0.452. The number of ether oxygens (including phenoxy) is 2. The van der Waals surface area contributed by atoms with Crippen LogP contribution in [-0.2, 0) is 0 Å². The highest BCUT2D eigenvalue weighted by Gasteiger charge is 2.32. The molecule has 100 valence electrons. The van der Waals surface area contributed by atoms with Gasteiger partial charge in [0.25, 0.3) is 0 Å². The SMILES string of the molecule is C#CCCCOc1ccc2c(c1)OC(C)(C)CC2=O. The second-order valence-corrected chi connectivity index (χ2v) is 5.28. The van der Waals surface area contributed by atoms with Crippen LogP contribution in [-0.4, -0.2) is 18.0 Å². The van der Waals surface area contributed by atoms with Gasteiger partial charge in [-0.3, -0.25) is 4.79 Å². The summed E-state index contributed by atoms with van der Waals surface area (Å²) in [5, 5.41) is 0. The van der Waals surface area contributed by atoms with Gasteiger partial charge in [0, 0.05) is 12.5 Å². The lowest BCUT2D eigenvalue weighted by Gasteiger charge is -2.31. The van der Waals surface area contributed by atoms with E-state index in [0.29, 0.717) is 36.5 Å². The van der Waals surface area contributed by atoms with Gasteiger partial charge in [-0.1, -0.05) is 0 Å². The number of fused-ring (bicyclic) bond motifs is 1. The molecule has 0 N–H and O–H groups in total. The molecule has 0 amide bonds. The van der Waals surface area contributed by atoms with Gasteiger partial charge in [-0.2, -0.15) is 0 Å². The first-order valence-corrected chi connectivity index (χ1v) is 6.44. The maximum Gasteiger partial charge on any atom is 0.170 e. The second kappa shape index (κ2) is 5.36. The van der Waals surface area contributed by atoms with Crippen molar-refractivity contribution in [3.63, 3.8) is 0 Å². The fraction of sp³-hybridized carbons (Fsp3) is 0.438. The van der Waals surface area contributed by atoms with Crippen LogP contribution >= 0.6 is 0 Å². The minimum Gasteiger partial charge on any atom is -0.493 e. The molecule has 0 bridgehead atoms. The first kappa shape index (κ1) is 13.5. The van der Waals surface area contributed by atoms with Gasteiger partial charge in [0.15, 0.2) is 5.78 Å². The lowest BCUT2D eigenvalue weighted by atomic mass is 9.93. The smallest absolute Gasteiger partial charge is 0.170 e. The number of hydrogen-bond acceptors (Lipinski definition) is 3. The maximum atomic E-state index is 12.0. The summed E-state index contributed by atoms with van der Waals surface area (Å²) in [7, 11) is 0. The normalized spacial score (nSPS) is 16.2. The summed E-state index contributed by atoms with van der Waals surface area (Å²) in [5.41, 5.74) is 0.182. The third kappa shape index (κ3) is 3.29. The number of terminal acetylenes is 1. The van der Waals surface area contributed by atoms with E-state index in [1.54, 1.807) is 18.2 Å². The summed E-state index contributed by atoms with van der Waals surface area (Å²) in [6, 6.07) is 5.35. The first-order valence-electron chi connectivity index (χ1n) is 6.44. The number of ketones is 1. The van der Waals surface area contributed by atoms with Crippen LogP contribution in [0.3, 0.4) is 0 Å². The molecule has 0 spiro atoms. The zero-order valence-corrected chi connectivity index (χ0v) is 11.4. The van der Waals surface area contributed by atoms with Gasteiger partial charge in [-0.25, -0.2) is 0 Å². The van der Waals surface area contributed by atoms with E-state index in [1.165, 1.54) is 0 Å². The molecule has 2 rings (SSSR count). The van der Waals surface area contributed by atoms with E-state index in [9.17, 15) is 4.79 Å². The highest BCUT2D eigenvalue weighted by atomic mass is 16.5. The molecule has 0 fully saturated rings. The van der Waals surface area contributed by atoms with Crippen molar-refractivity contribution in [1.82, 2.24) is 0 Å². The van der Waals surface area contributed by atoms with Crippen molar-refractivity contribution in [2.75, 3.05) is 6.61 Å². The van der Waals surface area contributed by atoms with E-state index in [4.69, 9.17) is 15.9 Å². The summed E-state index contributed by atoms with van der Waals surface area (Å²) < 4.78 is 11.4. The molecular weight excluding hydrogens is 240 g/mol. The number of hydrogen-bond donors (Lipinski definition) is 0. The Kier molecular flexibility index (Phi) is 3.80. The molecule has 0 aliphatic carbocycles. The predicted octanol–water partition coefficient (Wildman–Crippen LogP) is 3.22. The van der Waals surface area contributed by atoms with Gasteiger partial charge in [-0.15, -0.1) is 12.3 Å². The monoisotopic (exact) mass is 258 g/mol. The van der Waals surface area contributed by atoms with Crippen LogP contribution in [0.4, 0.5) is 0 Å². The third-order valence-electron chi connectivity index (χ3n) is 2.96. The van der Waals surface area contributed by atoms with E-state index in [-0.39, 0.29) is 5.78 Å². The Labute approximate surface area is 113 Å². The Balaban J connectivity index is 2.10. The maximum absolute atomic E-state index is 12.0. The van der Waals surface area contributed by atoms with E-state index >= 15 is 0 Å². The summed E-state index contributed by atoms with van der Waals surface area (Å²) in [6.45, 7) is 4.39. The molecule has 1 aliphatic heterocycles. The average Bonchev–Trinajstić information content (AvgIpc) is 2.32. The van der Waals surface area contributed by atoms with Gasteiger partial charge in [-0.05, 0) is 32.4 Å². The average molecular weight is 258 g/mol. The zero-order chi connectivity index (χ0) is 13.9. The van der Waals surface area contributed by atoms with Crippen LogP contribution in [0.1, 0.15) is 43.5 Å². The largest absolute Gasteiger partial charge is 0.493 e. The molecule has 1 aromatic rings. The van der Waals surface area contributed by atoms with Crippen molar-refractivity contribution < 1.29 is 14.3 Å². The number of Topliss-reactive ketones (excluding diaryl/α,β-unsaturated/α-hetero) is 1. The third-order valence-corrected chi connectivity index (χ3v) is 2.96. The summed E-state index contributed by atoms with van der Waals surface area (Å²) in [4.78, 5) is 12.0. The van der Waals surface area contributed by atoms with Gasteiger partial charge in [0.05, 0.1) is 18.6 Å². The highest BCUT2D eigenvalue weighted by molar-refractivity contribution is 6.00. The van der Waals surface area contributed by atoms with Crippen molar-refractivity contribution >= 4 is 5.78 Å². The van der Waals surface area contributed by atoms with Gasteiger partial charge in [0.1, 0.15) is 17.1 Å². The van der Waals surface area contributed by atoms with E-state index in [2.05, 4.69) is 5.92 Å². The van der Waals surface area contributed by atoms with E-state index in [1.807, 2.05) is 13.8 Å². The van der Waals surface area contributed by atoms with Crippen LogP contribution in [0.2, 0.25) is 0 Å².